The number of hydrogen-bond donors (Lipinski definition) is 4. The molecule has 0 aliphatic carbocycles. The van der Waals surface area contributed by atoms with E-state index in [1.165, 1.54) is 116 Å². The molecule has 6 atom stereocenters. The fourth-order valence-electron chi connectivity index (χ4n) is 6.19. The molecule has 0 amide bonds. The summed E-state index contributed by atoms with van der Waals surface area (Å²) in [6.45, 7) is 4.44. The number of esters is 1. The fourth-order valence-corrected chi connectivity index (χ4v) is 6.19. The van der Waals surface area contributed by atoms with Crippen molar-refractivity contribution in [2.75, 3.05) is 26.4 Å². The summed E-state index contributed by atoms with van der Waals surface area (Å²) in [6.07, 6.45) is 27.4. The van der Waals surface area contributed by atoms with Crippen LogP contribution in [0, 0.1) is 0 Å². The Balaban J connectivity index is 2.10. The Kier molecular flexibility index (Phi) is 30.8. The van der Waals surface area contributed by atoms with Crippen LogP contribution in [0.5, 0.6) is 0 Å². The predicted octanol–water partition coefficient (Wildman–Crippen LogP) is 8.08. The molecule has 1 aliphatic rings. The van der Waals surface area contributed by atoms with Crippen molar-refractivity contribution in [2.24, 2.45) is 0 Å². The minimum Gasteiger partial charge on any atom is -0.457 e. The number of rotatable bonds is 34. The molecule has 0 aromatic rings. The van der Waals surface area contributed by atoms with E-state index in [0.29, 0.717) is 13.0 Å². The van der Waals surface area contributed by atoms with Crippen molar-refractivity contribution < 1.29 is 44.2 Å². The molecular formula is C40H76O9. The van der Waals surface area contributed by atoms with Gasteiger partial charge in [-0.05, 0) is 38.5 Å². The van der Waals surface area contributed by atoms with Gasteiger partial charge < -0.3 is 39.4 Å². The number of aliphatic hydroxyl groups is 4. The highest BCUT2D eigenvalue weighted by atomic mass is 16.7. The van der Waals surface area contributed by atoms with E-state index in [1.54, 1.807) is 0 Å². The summed E-state index contributed by atoms with van der Waals surface area (Å²) in [4.78, 5) is 12.4. The maximum absolute atomic E-state index is 12.4. The highest BCUT2D eigenvalue weighted by Gasteiger charge is 2.44. The minimum atomic E-state index is -1.53. The summed E-state index contributed by atoms with van der Waals surface area (Å²) in [7, 11) is 0. The Morgan fingerprint density at radius 2 is 1.12 bits per heavy atom. The van der Waals surface area contributed by atoms with Crippen LogP contribution in [0.3, 0.4) is 0 Å². The standard InChI is InChI=1S/C40H76O9/c1-3-5-7-9-10-11-12-13-14-15-16-17-18-19-20-21-22-23-24-25-26-28-30-46-32-34(48-36(42)29-27-8-6-4-2)33-47-40-39(45)38(44)37(43)35(31-41)49-40/h15-16,34-35,37-41,43-45H,3-14,17-33H2,1-2H3/b16-15-. The Labute approximate surface area is 299 Å². The van der Waals surface area contributed by atoms with Crippen molar-refractivity contribution in [1.82, 2.24) is 0 Å². The van der Waals surface area contributed by atoms with Gasteiger partial charge in [0.25, 0.3) is 0 Å². The molecule has 1 aliphatic heterocycles. The Bertz CT molecular complexity index is 762. The monoisotopic (exact) mass is 701 g/mol. The third kappa shape index (κ3) is 24.7. The number of carbonyl (C=O) groups excluding carboxylic acids is 1. The molecule has 1 saturated heterocycles. The minimum absolute atomic E-state index is 0.112. The van der Waals surface area contributed by atoms with Gasteiger partial charge in [-0.1, -0.05) is 142 Å². The first-order valence-electron chi connectivity index (χ1n) is 20.3. The molecule has 49 heavy (non-hydrogen) atoms. The average Bonchev–Trinajstić information content (AvgIpc) is 3.10. The van der Waals surface area contributed by atoms with Crippen LogP contribution in [0.25, 0.3) is 0 Å². The zero-order valence-corrected chi connectivity index (χ0v) is 31.5. The third-order valence-corrected chi connectivity index (χ3v) is 9.43. The third-order valence-electron chi connectivity index (χ3n) is 9.43. The summed E-state index contributed by atoms with van der Waals surface area (Å²) in [5.41, 5.74) is 0. The van der Waals surface area contributed by atoms with Crippen LogP contribution in [-0.4, -0.2) is 89.6 Å². The molecule has 0 aromatic heterocycles. The number of aliphatic hydroxyl groups excluding tert-OH is 4. The van der Waals surface area contributed by atoms with Crippen LogP contribution >= 0.6 is 0 Å². The first-order chi connectivity index (χ1) is 23.9. The normalized spacial score (nSPS) is 21.8. The molecule has 1 rings (SSSR count). The quantitative estimate of drug-likeness (QED) is 0.0299. The van der Waals surface area contributed by atoms with Gasteiger partial charge in [-0.2, -0.15) is 0 Å². The lowest BCUT2D eigenvalue weighted by Crippen LogP contribution is -2.59. The average molecular weight is 701 g/mol. The first-order valence-corrected chi connectivity index (χ1v) is 20.3. The van der Waals surface area contributed by atoms with Crippen LogP contribution in [-0.2, 0) is 23.7 Å². The van der Waals surface area contributed by atoms with Crippen LogP contribution in [0.15, 0.2) is 12.2 Å². The maximum atomic E-state index is 12.4. The van der Waals surface area contributed by atoms with E-state index < -0.39 is 43.4 Å². The SMILES string of the molecule is CCCCCCCCCC/C=C\CCCCCCCCCCCCOCC(COC1OC(CO)C(O)C(O)C1O)OC(=O)CCCCCC. The number of ether oxygens (including phenoxy) is 4. The van der Waals surface area contributed by atoms with E-state index >= 15 is 0 Å². The van der Waals surface area contributed by atoms with Gasteiger partial charge in [0.2, 0.25) is 0 Å². The van der Waals surface area contributed by atoms with E-state index in [-0.39, 0.29) is 19.2 Å². The number of allylic oxidation sites excluding steroid dienone is 2. The van der Waals surface area contributed by atoms with Crippen molar-refractivity contribution in [3.63, 3.8) is 0 Å². The van der Waals surface area contributed by atoms with Gasteiger partial charge in [0.05, 0.1) is 19.8 Å². The van der Waals surface area contributed by atoms with Crippen LogP contribution < -0.4 is 0 Å². The lowest BCUT2D eigenvalue weighted by Gasteiger charge is -2.39. The molecule has 9 heteroatoms. The number of carbonyl (C=O) groups is 1. The second-order valence-electron chi connectivity index (χ2n) is 14.1. The molecule has 0 saturated carbocycles. The summed E-state index contributed by atoms with van der Waals surface area (Å²) in [5.74, 6) is -0.330. The Morgan fingerprint density at radius 1 is 0.633 bits per heavy atom. The van der Waals surface area contributed by atoms with Gasteiger partial charge in [-0.15, -0.1) is 0 Å². The summed E-state index contributed by atoms with van der Waals surface area (Å²) in [6, 6.07) is 0. The highest BCUT2D eigenvalue weighted by molar-refractivity contribution is 5.69. The lowest BCUT2D eigenvalue weighted by molar-refractivity contribution is -0.305. The zero-order chi connectivity index (χ0) is 35.8. The fraction of sp³-hybridized carbons (Fsp3) is 0.925. The molecule has 1 fully saturated rings. The van der Waals surface area contributed by atoms with Crippen molar-refractivity contribution in [3.8, 4) is 0 Å². The Morgan fingerprint density at radius 3 is 1.65 bits per heavy atom. The van der Waals surface area contributed by atoms with E-state index in [2.05, 4.69) is 26.0 Å². The zero-order valence-electron chi connectivity index (χ0n) is 31.5. The van der Waals surface area contributed by atoms with Crippen molar-refractivity contribution in [3.05, 3.63) is 12.2 Å². The van der Waals surface area contributed by atoms with Crippen molar-refractivity contribution in [1.29, 1.82) is 0 Å². The van der Waals surface area contributed by atoms with Gasteiger partial charge in [0.1, 0.15) is 30.5 Å². The van der Waals surface area contributed by atoms with Crippen LogP contribution in [0.2, 0.25) is 0 Å². The Hall–Kier alpha value is -1.07. The molecule has 0 radical (unpaired) electrons. The molecule has 1 heterocycles. The molecule has 6 unspecified atom stereocenters. The van der Waals surface area contributed by atoms with Gasteiger partial charge in [-0.25, -0.2) is 0 Å². The molecule has 0 bridgehead atoms. The number of hydrogen-bond acceptors (Lipinski definition) is 9. The van der Waals surface area contributed by atoms with Gasteiger partial charge >= 0.3 is 5.97 Å². The molecule has 9 nitrogen and oxygen atoms in total. The molecule has 0 aromatic carbocycles. The summed E-state index contributed by atoms with van der Waals surface area (Å²) >= 11 is 0. The van der Waals surface area contributed by atoms with Gasteiger partial charge in [-0.3, -0.25) is 4.79 Å². The lowest BCUT2D eigenvalue weighted by atomic mass is 9.99. The van der Waals surface area contributed by atoms with E-state index in [4.69, 9.17) is 18.9 Å². The van der Waals surface area contributed by atoms with Crippen LogP contribution in [0.1, 0.15) is 174 Å². The second-order valence-corrected chi connectivity index (χ2v) is 14.1. The summed E-state index contributed by atoms with van der Waals surface area (Å²) in [5, 5.41) is 39.7. The molecule has 4 N–H and O–H groups in total. The first kappa shape index (κ1) is 46.0. The summed E-state index contributed by atoms with van der Waals surface area (Å²) < 4.78 is 22.5. The molecule has 290 valence electrons. The topological polar surface area (TPSA) is 135 Å². The largest absolute Gasteiger partial charge is 0.457 e. The molecule has 0 spiro atoms. The number of unbranched alkanes of at least 4 members (excludes halogenated alkanes) is 21. The van der Waals surface area contributed by atoms with E-state index in [9.17, 15) is 25.2 Å². The maximum Gasteiger partial charge on any atom is 0.306 e. The van der Waals surface area contributed by atoms with Crippen molar-refractivity contribution in [2.45, 2.75) is 211 Å². The smallest absolute Gasteiger partial charge is 0.306 e. The van der Waals surface area contributed by atoms with Gasteiger partial charge in [0, 0.05) is 13.0 Å². The second kappa shape index (κ2) is 32.8. The van der Waals surface area contributed by atoms with E-state index in [1.807, 2.05) is 0 Å². The van der Waals surface area contributed by atoms with Crippen molar-refractivity contribution >= 4 is 5.97 Å². The van der Waals surface area contributed by atoms with Gasteiger partial charge in [0.15, 0.2) is 6.29 Å². The van der Waals surface area contributed by atoms with E-state index in [0.717, 1.165) is 38.5 Å². The molecular weight excluding hydrogens is 624 g/mol. The van der Waals surface area contributed by atoms with Crippen LogP contribution in [0.4, 0.5) is 0 Å². The highest BCUT2D eigenvalue weighted by Crippen LogP contribution is 2.22. The predicted molar refractivity (Wildman–Crippen MR) is 196 cm³/mol.